The highest BCUT2D eigenvalue weighted by atomic mass is 32.2. The molecule has 0 aliphatic carbocycles. The first-order valence-electron chi connectivity index (χ1n) is 6.76. The van der Waals surface area contributed by atoms with Crippen molar-refractivity contribution in [1.82, 2.24) is 4.90 Å². The lowest BCUT2D eigenvalue weighted by Crippen LogP contribution is -2.42. The molecule has 3 rings (SSSR count). The van der Waals surface area contributed by atoms with E-state index in [1.807, 2.05) is 0 Å². The molecule has 2 heterocycles. The zero-order valence-electron chi connectivity index (χ0n) is 12.4. The first-order valence-corrected chi connectivity index (χ1v) is 7.57. The van der Waals surface area contributed by atoms with Crippen LogP contribution >= 0.6 is 11.8 Å². The molecule has 0 aromatic heterocycles. The molecule has 0 bridgehead atoms. The van der Waals surface area contributed by atoms with Gasteiger partial charge in [-0.3, -0.25) is 14.5 Å². The molecule has 0 saturated carbocycles. The monoisotopic (exact) mass is 335 g/mol. The van der Waals surface area contributed by atoms with Crippen molar-refractivity contribution in [3.63, 3.8) is 0 Å². The fraction of sp³-hybridized carbons (Fsp3) is 0.267. The van der Waals surface area contributed by atoms with Crippen LogP contribution < -0.4 is 9.47 Å². The zero-order chi connectivity index (χ0) is 16.6. The standard InChI is InChI=1S/C15H13NO6S/c1-8(14(18)20-2)16-13(17)12(23-15(16)19)6-9-3-4-10-11(5-9)22-7-21-10/h3-6,8H,7H2,1-2H3/b12-6+/t8-/m0/s1. The fourth-order valence-corrected chi connectivity index (χ4v) is 3.15. The highest BCUT2D eigenvalue weighted by Crippen LogP contribution is 2.36. The summed E-state index contributed by atoms with van der Waals surface area (Å²) in [7, 11) is 1.21. The molecule has 0 radical (unpaired) electrons. The quantitative estimate of drug-likeness (QED) is 0.617. The summed E-state index contributed by atoms with van der Waals surface area (Å²) in [6, 6.07) is 4.25. The van der Waals surface area contributed by atoms with Gasteiger partial charge < -0.3 is 14.2 Å². The van der Waals surface area contributed by atoms with Crippen LogP contribution in [0.1, 0.15) is 12.5 Å². The van der Waals surface area contributed by atoms with Crippen LogP contribution in [0.5, 0.6) is 11.5 Å². The lowest BCUT2D eigenvalue weighted by Gasteiger charge is -2.18. The number of ether oxygens (including phenoxy) is 3. The number of carbonyl (C=O) groups excluding carboxylic acids is 3. The van der Waals surface area contributed by atoms with Gasteiger partial charge in [-0.1, -0.05) is 6.07 Å². The summed E-state index contributed by atoms with van der Waals surface area (Å²) in [5.41, 5.74) is 0.700. The highest BCUT2D eigenvalue weighted by Gasteiger charge is 2.41. The zero-order valence-corrected chi connectivity index (χ0v) is 13.2. The van der Waals surface area contributed by atoms with E-state index in [1.165, 1.54) is 14.0 Å². The average molecular weight is 335 g/mol. The Morgan fingerprint density at radius 3 is 2.83 bits per heavy atom. The number of fused-ring (bicyclic) bond motifs is 1. The third-order valence-electron chi connectivity index (χ3n) is 3.45. The Morgan fingerprint density at radius 2 is 2.09 bits per heavy atom. The number of benzene rings is 1. The molecule has 1 aromatic rings. The maximum absolute atomic E-state index is 12.4. The van der Waals surface area contributed by atoms with E-state index in [0.717, 1.165) is 16.7 Å². The van der Waals surface area contributed by atoms with E-state index in [4.69, 9.17) is 9.47 Å². The SMILES string of the molecule is COC(=O)[C@H](C)N1C(=O)S/C(=C/c2ccc3c(c2)OCO3)C1=O. The second-order valence-corrected chi connectivity index (χ2v) is 5.86. The molecule has 2 amide bonds. The van der Waals surface area contributed by atoms with Crippen molar-refractivity contribution in [3.05, 3.63) is 28.7 Å². The van der Waals surface area contributed by atoms with Gasteiger partial charge in [0.1, 0.15) is 6.04 Å². The summed E-state index contributed by atoms with van der Waals surface area (Å²) < 4.78 is 15.1. The van der Waals surface area contributed by atoms with Gasteiger partial charge in [0.05, 0.1) is 12.0 Å². The second kappa shape index (κ2) is 5.96. The number of methoxy groups -OCH3 is 1. The molecule has 0 unspecified atom stereocenters. The van der Waals surface area contributed by atoms with Gasteiger partial charge in [-0.25, -0.2) is 4.79 Å². The van der Waals surface area contributed by atoms with E-state index >= 15 is 0 Å². The van der Waals surface area contributed by atoms with Crippen LogP contribution in [0.3, 0.4) is 0 Å². The predicted octanol–water partition coefficient (Wildman–Crippen LogP) is 2.01. The lowest BCUT2D eigenvalue weighted by molar-refractivity contribution is -0.148. The number of rotatable bonds is 3. The summed E-state index contributed by atoms with van der Waals surface area (Å²) in [6.45, 7) is 1.61. The molecule has 23 heavy (non-hydrogen) atoms. The topological polar surface area (TPSA) is 82.1 Å². The maximum atomic E-state index is 12.4. The number of thioether (sulfide) groups is 1. The van der Waals surface area contributed by atoms with Crippen molar-refractivity contribution in [1.29, 1.82) is 0 Å². The third kappa shape index (κ3) is 2.77. The fourth-order valence-electron chi connectivity index (χ4n) is 2.24. The van der Waals surface area contributed by atoms with E-state index in [2.05, 4.69) is 4.74 Å². The number of hydrogen-bond acceptors (Lipinski definition) is 7. The lowest BCUT2D eigenvalue weighted by atomic mass is 10.2. The Hall–Kier alpha value is -2.48. The number of carbonyl (C=O) groups is 3. The van der Waals surface area contributed by atoms with Crippen LogP contribution in [0, 0.1) is 0 Å². The predicted molar refractivity (Wildman–Crippen MR) is 81.9 cm³/mol. The van der Waals surface area contributed by atoms with Gasteiger partial charge in [0.15, 0.2) is 11.5 Å². The second-order valence-electron chi connectivity index (χ2n) is 4.86. The summed E-state index contributed by atoms with van der Waals surface area (Å²) in [5.74, 6) is 0.0580. The van der Waals surface area contributed by atoms with Crippen molar-refractivity contribution < 1.29 is 28.6 Å². The van der Waals surface area contributed by atoms with E-state index in [1.54, 1.807) is 24.3 Å². The van der Waals surface area contributed by atoms with Crippen molar-refractivity contribution in [2.45, 2.75) is 13.0 Å². The summed E-state index contributed by atoms with van der Waals surface area (Å²) in [4.78, 5) is 37.1. The first kappa shape index (κ1) is 15.4. The Balaban J connectivity index is 1.85. The van der Waals surface area contributed by atoms with Gasteiger partial charge in [0.2, 0.25) is 6.79 Å². The molecular weight excluding hydrogens is 322 g/mol. The molecule has 120 valence electrons. The van der Waals surface area contributed by atoms with Crippen LogP contribution in [-0.4, -0.2) is 42.0 Å². The number of esters is 1. The van der Waals surface area contributed by atoms with Gasteiger partial charge in [0.25, 0.3) is 11.1 Å². The average Bonchev–Trinajstić information content (AvgIpc) is 3.10. The smallest absolute Gasteiger partial charge is 0.328 e. The molecule has 1 saturated heterocycles. The largest absolute Gasteiger partial charge is 0.467 e. The molecule has 0 N–H and O–H groups in total. The highest BCUT2D eigenvalue weighted by molar-refractivity contribution is 8.18. The van der Waals surface area contributed by atoms with Crippen LogP contribution in [0.2, 0.25) is 0 Å². The van der Waals surface area contributed by atoms with Crippen LogP contribution in [0.4, 0.5) is 4.79 Å². The van der Waals surface area contributed by atoms with Gasteiger partial charge >= 0.3 is 5.97 Å². The Bertz CT molecular complexity index is 729. The van der Waals surface area contributed by atoms with Crippen molar-refractivity contribution in [3.8, 4) is 11.5 Å². The minimum atomic E-state index is -0.963. The van der Waals surface area contributed by atoms with E-state index in [-0.39, 0.29) is 11.7 Å². The van der Waals surface area contributed by atoms with Crippen molar-refractivity contribution in [2.24, 2.45) is 0 Å². The summed E-state index contributed by atoms with van der Waals surface area (Å²) >= 11 is 0.785. The molecule has 1 aromatic carbocycles. The van der Waals surface area contributed by atoms with E-state index in [0.29, 0.717) is 17.1 Å². The Kier molecular flexibility index (Phi) is 3.99. The van der Waals surface area contributed by atoms with Crippen molar-refractivity contribution >= 4 is 35.0 Å². The van der Waals surface area contributed by atoms with Gasteiger partial charge in [-0.2, -0.15) is 0 Å². The molecule has 1 fully saturated rings. The van der Waals surface area contributed by atoms with E-state index in [9.17, 15) is 14.4 Å². The minimum Gasteiger partial charge on any atom is -0.467 e. The molecule has 2 aliphatic rings. The molecular formula is C15H13NO6S. The van der Waals surface area contributed by atoms with E-state index < -0.39 is 23.2 Å². The van der Waals surface area contributed by atoms with Gasteiger partial charge in [-0.15, -0.1) is 0 Å². The van der Waals surface area contributed by atoms with Crippen LogP contribution in [-0.2, 0) is 14.3 Å². The first-order chi connectivity index (χ1) is 11.0. The number of imide groups is 1. The Labute approximate surface area is 136 Å². The van der Waals surface area contributed by atoms with Crippen molar-refractivity contribution in [2.75, 3.05) is 13.9 Å². The van der Waals surface area contributed by atoms with Gasteiger partial charge in [-0.05, 0) is 42.5 Å². The molecule has 1 atom stereocenters. The summed E-state index contributed by atoms with van der Waals surface area (Å²) in [6.07, 6.45) is 1.58. The summed E-state index contributed by atoms with van der Waals surface area (Å²) in [5, 5.41) is -0.500. The number of amides is 2. The molecule has 8 heteroatoms. The van der Waals surface area contributed by atoms with Gasteiger partial charge in [0, 0.05) is 0 Å². The molecule has 0 spiro atoms. The number of nitrogens with zero attached hydrogens (tertiary/aromatic N) is 1. The van der Waals surface area contributed by atoms with Crippen LogP contribution in [0.15, 0.2) is 23.1 Å². The normalized spacial score (nSPS) is 19.4. The molecule has 2 aliphatic heterocycles. The minimum absolute atomic E-state index is 0.159. The third-order valence-corrected chi connectivity index (χ3v) is 4.33. The number of hydrogen-bond donors (Lipinski definition) is 0. The maximum Gasteiger partial charge on any atom is 0.328 e. The van der Waals surface area contributed by atoms with Crippen LogP contribution in [0.25, 0.3) is 6.08 Å². The molecule has 7 nitrogen and oxygen atoms in total. The Morgan fingerprint density at radius 1 is 1.35 bits per heavy atom.